The molecule has 1 N–H and O–H groups in total. The van der Waals surface area contributed by atoms with Gasteiger partial charge in [-0.15, -0.1) is 11.3 Å². The van der Waals surface area contributed by atoms with Gasteiger partial charge in [-0.2, -0.15) is 0 Å². The van der Waals surface area contributed by atoms with Crippen molar-refractivity contribution in [3.05, 3.63) is 40.3 Å². The number of fused-ring (bicyclic) bond motifs is 1. The van der Waals surface area contributed by atoms with Crippen LogP contribution in [0.5, 0.6) is 0 Å². The summed E-state index contributed by atoms with van der Waals surface area (Å²) in [5.41, 5.74) is 2.11. The number of rotatable bonds is 5. The van der Waals surface area contributed by atoms with Crippen molar-refractivity contribution in [1.82, 2.24) is 15.0 Å². The van der Waals surface area contributed by atoms with Gasteiger partial charge in [-0.3, -0.25) is 4.79 Å². The third-order valence-electron chi connectivity index (χ3n) is 3.96. The number of H-pyrrole nitrogens is 1. The van der Waals surface area contributed by atoms with E-state index in [4.69, 9.17) is 4.74 Å². The fourth-order valence-electron chi connectivity index (χ4n) is 2.69. The zero-order valence-electron chi connectivity index (χ0n) is 14.2. The molecule has 0 amide bonds. The van der Waals surface area contributed by atoms with E-state index in [2.05, 4.69) is 15.0 Å². The standard InChI is InChI=1S/C17H17N3O3S2/c1-8-12(17(22)23-4)9(2)20-13(8)14(21)10(3)25-16-11-5-6-24-15(11)18-7-19-16/h5-7,10,20H,1-4H3/t10-/m0/s1. The van der Waals surface area contributed by atoms with Crippen LogP contribution >= 0.6 is 23.1 Å². The third kappa shape index (κ3) is 3.19. The molecule has 0 aliphatic rings. The van der Waals surface area contributed by atoms with Crippen molar-refractivity contribution in [3.8, 4) is 0 Å². The maximum Gasteiger partial charge on any atom is 0.339 e. The molecule has 0 bridgehead atoms. The molecule has 1 atom stereocenters. The number of ether oxygens (including phenoxy) is 1. The number of carbonyl (C=O) groups is 2. The smallest absolute Gasteiger partial charge is 0.339 e. The average Bonchev–Trinajstić information content (AvgIpc) is 3.18. The number of thioether (sulfide) groups is 1. The first-order valence-electron chi connectivity index (χ1n) is 7.60. The SMILES string of the molecule is COC(=O)c1c(C)[nH]c(C(=O)[C@H](C)Sc2ncnc3sccc23)c1C. The van der Waals surface area contributed by atoms with Crippen LogP contribution in [0.25, 0.3) is 10.2 Å². The van der Waals surface area contributed by atoms with Gasteiger partial charge in [0.15, 0.2) is 5.78 Å². The number of ketones is 1. The number of hydrogen-bond donors (Lipinski definition) is 1. The highest BCUT2D eigenvalue weighted by Crippen LogP contribution is 2.32. The number of methoxy groups -OCH3 is 1. The quantitative estimate of drug-likeness (QED) is 0.316. The van der Waals surface area contributed by atoms with Gasteiger partial charge in [0, 0.05) is 11.1 Å². The van der Waals surface area contributed by atoms with E-state index >= 15 is 0 Å². The van der Waals surface area contributed by atoms with Gasteiger partial charge in [0.05, 0.1) is 23.6 Å². The molecular formula is C17H17N3O3S2. The largest absolute Gasteiger partial charge is 0.465 e. The van der Waals surface area contributed by atoms with Crippen LogP contribution < -0.4 is 0 Å². The Balaban J connectivity index is 1.88. The normalized spacial score (nSPS) is 12.3. The van der Waals surface area contributed by atoms with Crippen molar-refractivity contribution in [2.75, 3.05) is 7.11 Å². The number of hydrogen-bond acceptors (Lipinski definition) is 7. The lowest BCUT2D eigenvalue weighted by molar-refractivity contribution is 0.0599. The number of nitrogens with zero attached hydrogens (tertiary/aromatic N) is 2. The van der Waals surface area contributed by atoms with E-state index in [0.29, 0.717) is 22.5 Å². The molecule has 3 rings (SSSR count). The minimum Gasteiger partial charge on any atom is -0.465 e. The van der Waals surface area contributed by atoms with Crippen LogP contribution in [0.15, 0.2) is 22.8 Å². The Labute approximate surface area is 153 Å². The monoisotopic (exact) mass is 375 g/mol. The summed E-state index contributed by atoms with van der Waals surface area (Å²) in [6.07, 6.45) is 1.51. The highest BCUT2D eigenvalue weighted by atomic mass is 32.2. The fraction of sp³-hybridized carbons (Fsp3) is 0.294. The number of aryl methyl sites for hydroxylation is 1. The first-order valence-corrected chi connectivity index (χ1v) is 9.36. The topological polar surface area (TPSA) is 84.9 Å². The molecule has 3 aromatic heterocycles. The van der Waals surface area contributed by atoms with Crippen molar-refractivity contribution in [3.63, 3.8) is 0 Å². The van der Waals surface area contributed by atoms with Crippen LogP contribution in [0.4, 0.5) is 0 Å². The Morgan fingerprint density at radius 3 is 2.80 bits per heavy atom. The van der Waals surface area contributed by atoms with Crippen molar-refractivity contribution < 1.29 is 14.3 Å². The van der Waals surface area contributed by atoms with Gasteiger partial charge in [0.2, 0.25) is 0 Å². The Hall–Kier alpha value is -2.19. The minimum absolute atomic E-state index is 0.0808. The molecule has 0 spiro atoms. The molecule has 0 aliphatic heterocycles. The number of aromatic amines is 1. The first kappa shape index (κ1) is 17.6. The van der Waals surface area contributed by atoms with Crippen molar-refractivity contribution >= 4 is 45.1 Å². The molecule has 0 radical (unpaired) electrons. The molecular weight excluding hydrogens is 358 g/mol. The van der Waals surface area contributed by atoms with Crippen LogP contribution in [-0.4, -0.2) is 39.1 Å². The molecule has 0 saturated heterocycles. The highest BCUT2D eigenvalue weighted by molar-refractivity contribution is 8.00. The number of aromatic nitrogens is 3. The second-order valence-electron chi connectivity index (χ2n) is 5.56. The van der Waals surface area contributed by atoms with Crippen molar-refractivity contribution in [1.29, 1.82) is 0 Å². The average molecular weight is 375 g/mol. The summed E-state index contributed by atoms with van der Waals surface area (Å²) in [7, 11) is 1.33. The Morgan fingerprint density at radius 1 is 1.32 bits per heavy atom. The minimum atomic E-state index is -0.443. The van der Waals surface area contributed by atoms with Crippen LogP contribution in [-0.2, 0) is 4.74 Å². The zero-order valence-corrected chi connectivity index (χ0v) is 15.9. The molecule has 3 aromatic rings. The van der Waals surface area contributed by atoms with Crippen molar-refractivity contribution in [2.24, 2.45) is 0 Å². The number of nitrogens with one attached hydrogen (secondary N) is 1. The lowest BCUT2D eigenvalue weighted by Crippen LogP contribution is -2.15. The molecule has 6 nitrogen and oxygen atoms in total. The maximum absolute atomic E-state index is 12.9. The summed E-state index contributed by atoms with van der Waals surface area (Å²) in [4.78, 5) is 37.2. The van der Waals surface area contributed by atoms with Crippen LogP contribution in [0.1, 0.15) is 39.0 Å². The molecule has 0 aromatic carbocycles. The number of esters is 1. The number of Topliss-reactive ketones (excluding diaryl/α,β-unsaturated/α-hetero) is 1. The highest BCUT2D eigenvalue weighted by Gasteiger charge is 2.26. The van der Waals surface area contributed by atoms with Crippen LogP contribution in [0, 0.1) is 13.8 Å². The molecule has 130 valence electrons. The Bertz CT molecular complexity index is 961. The van der Waals surface area contributed by atoms with E-state index in [1.807, 2.05) is 18.4 Å². The molecule has 0 unspecified atom stereocenters. The molecule has 0 aliphatic carbocycles. The van der Waals surface area contributed by atoms with E-state index in [-0.39, 0.29) is 11.0 Å². The van der Waals surface area contributed by atoms with Crippen LogP contribution in [0.3, 0.4) is 0 Å². The second-order valence-corrected chi connectivity index (χ2v) is 7.78. The summed E-state index contributed by atoms with van der Waals surface area (Å²) < 4.78 is 4.80. The van der Waals surface area contributed by atoms with E-state index in [1.165, 1.54) is 36.5 Å². The summed E-state index contributed by atoms with van der Waals surface area (Å²) in [5.74, 6) is -0.524. The summed E-state index contributed by atoms with van der Waals surface area (Å²) in [6.45, 7) is 5.34. The van der Waals surface area contributed by atoms with Crippen LogP contribution in [0.2, 0.25) is 0 Å². The van der Waals surface area contributed by atoms with Gasteiger partial charge in [0.25, 0.3) is 0 Å². The maximum atomic E-state index is 12.9. The first-order chi connectivity index (χ1) is 11.9. The van der Waals surface area contributed by atoms with Gasteiger partial charge in [-0.1, -0.05) is 11.8 Å². The molecule has 3 heterocycles. The molecule has 25 heavy (non-hydrogen) atoms. The summed E-state index contributed by atoms with van der Waals surface area (Å²) >= 11 is 2.93. The van der Waals surface area contributed by atoms with Gasteiger partial charge < -0.3 is 9.72 Å². The molecule has 0 fully saturated rings. The van der Waals surface area contributed by atoms with E-state index in [1.54, 1.807) is 13.8 Å². The fourth-order valence-corrected chi connectivity index (χ4v) is 4.45. The van der Waals surface area contributed by atoms with Gasteiger partial charge in [0.1, 0.15) is 16.2 Å². The van der Waals surface area contributed by atoms with E-state index < -0.39 is 5.97 Å². The van der Waals surface area contributed by atoms with Crippen molar-refractivity contribution in [2.45, 2.75) is 31.0 Å². The van der Waals surface area contributed by atoms with E-state index in [0.717, 1.165) is 15.2 Å². The third-order valence-corrected chi connectivity index (χ3v) is 5.89. The Kier molecular flexibility index (Phi) is 4.91. The predicted octanol–water partition coefficient (Wildman–Crippen LogP) is 3.79. The van der Waals surface area contributed by atoms with E-state index in [9.17, 15) is 9.59 Å². The molecule has 0 saturated carbocycles. The second kappa shape index (κ2) is 6.97. The number of carbonyl (C=O) groups excluding carboxylic acids is 2. The van der Waals surface area contributed by atoms with Gasteiger partial charge in [-0.05, 0) is 37.8 Å². The lowest BCUT2D eigenvalue weighted by atomic mass is 10.1. The summed E-state index contributed by atoms with van der Waals surface area (Å²) in [5, 5.41) is 3.32. The zero-order chi connectivity index (χ0) is 18.1. The molecule has 8 heteroatoms. The summed E-state index contributed by atoms with van der Waals surface area (Å²) in [6, 6.07) is 1.96. The lowest BCUT2D eigenvalue weighted by Gasteiger charge is -2.10. The Morgan fingerprint density at radius 2 is 2.08 bits per heavy atom. The number of thiophene rings is 1. The van der Waals surface area contributed by atoms with Gasteiger partial charge in [-0.25, -0.2) is 14.8 Å². The van der Waals surface area contributed by atoms with Gasteiger partial charge >= 0.3 is 5.97 Å². The predicted molar refractivity (Wildman–Crippen MR) is 98.7 cm³/mol.